The van der Waals surface area contributed by atoms with E-state index in [1.807, 2.05) is 29.6 Å². The van der Waals surface area contributed by atoms with Crippen molar-refractivity contribution in [1.82, 2.24) is 20.9 Å². The van der Waals surface area contributed by atoms with E-state index in [9.17, 15) is 18.8 Å². The number of aliphatic carboxylic acids is 1. The predicted molar refractivity (Wildman–Crippen MR) is 139 cm³/mol. The van der Waals surface area contributed by atoms with Gasteiger partial charge in [0.05, 0.1) is 17.4 Å². The number of carbonyl (C=O) groups is 3. The Morgan fingerprint density at radius 3 is 2.39 bits per heavy atom. The molecule has 1 aliphatic carbocycles. The average Bonchev–Trinajstić information content (AvgIpc) is 3.68. The molecule has 4 N–H and O–H groups in total. The zero-order valence-electron chi connectivity index (χ0n) is 20.1. The van der Waals surface area contributed by atoms with E-state index in [-0.39, 0.29) is 12.3 Å². The number of ether oxygens (including phenoxy) is 1. The zero-order valence-corrected chi connectivity index (χ0v) is 20.8. The third kappa shape index (κ3) is 9.26. The molecular formula is C26H25ClFN5O5. The summed E-state index contributed by atoms with van der Waals surface area (Å²) in [6, 6.07) is 17.6. The summed E-state index contributed by atoms with van der Waals surface area (Å²) in [5.41, 5.74) is 1.17. The second-order valence-corrected chi connectivity index (χ2v) is 8.64. The summed E-state index contributed by atoms with van der Waals surface area (Å²) >= 11 is 5.77. The van der Waals surface area contributed by atoms with Crippen LogP contribution in [0.15, 0.2) is 71.7 Å². The number of carboxylic acids is 1. The average molecular weight is 542 g/mol. The van der Waals surface area contributed by atoms with Gasteiger partial charge in [0.25, 0.3) is 0 Å². The van der Waals surface area contributed by atoms with E-state index < -0.39 is 23.4 Å². The van der Waals surface area contributed by atoms with Gasteiger partial charge >= 0.3 is 12.0 Å². The molecule has 0 spiro atoms. The van der Waals surface area contributed by atoms with E-state index in [1.54, 1.807) is 24.3 Å². The lowest BCUT2D eigenvalue weighted by Crippen LogP contribution is -2.33. The van der Waals surface area contributed by atoms with E-state index in [1.165, 1.54) is 18.2 Å². The van der Waals surface area contributed by atoms with E-state index in [4.69, 9.17) is 21.4 Å². The number of halogens is 2. The molecule has 1 heterocycles. The van der Waals surface area contributed by atoms with Crippen molar-refractivity contribution in [2.75, 3.05) is 6.54 Å². The third-order valence-electron chi connectivity index (χ3n) is 5.36. The number of amides is 3. The fourth-order valence-corrected chi connectivity index (χ4v) is 3.22. The maximum absolute atomic E-state index is 12.9. The van der Waals surface area contributed by atoms with Gasteiger partial charge in [0, 0.05) is 24.2 Å². The van der Waals surface area contributed by atoms with Crippen LogP contribution in [0.5, 0.6) is 11.6 Å². The van der Waals surface area contributed by atoms with Gasteiger partial charge in [-0.15, -0.1) is 0 Å². The second kappa shape index (κ2) is 13.8. The number of benzene rings is 2. The number of aromatic nitrogens is 1. The molecule has 0 unspecified atom stereocenters. The Morgan fingerprint density at radius 1 is 1.08 bits per heavy atom. The van der Waals surface area contributed by atoms with Crippen LogP contribution >= 0.6 is 11.6 Å². The Balaban J connectivity index is 0.000000221. The minimum atomic E-state index is -0.684. The molecule has 12 heteroatoms. The van der Waals surface area contributed by atoms with Crippen molar-refractivity contribution in [2.45, 2.75) is 19.4 Å². The molecule has 1 saturated carbocycles. The molecule has 10 nitrogen and oxygen atoms in total. The van der Waals surface area contributed by atoms with Crippen molar-refractivity contribution < 1.29 is 28.6 Å². The summed E-state index contributed by atoms with van der Waals surface area (Å²) < 4.78 is 18.3. The van der Waals surface area contributed by atoms with Crippen molar-refractivity contribution in [1.29, 1.82) is 0 Å². The molecule has 4 rings (SSSR count). The number of carbonyl (C=O) groups excluding carboxylic acids is 2. The van der Waals surface area contributed by atoms with Crippen LogP contribution in [0.25, 0.3) is 0 Å². The molecule has 38 heavy (non-hydrogen) atoms. The van der Waals surface area contributed by atoms with Crippen LogP contribution in [-0.4, -0.2) is 41.4 Å². The fourth-order valence-electron chi connectivity index (χ4n) is 3.09. The van der Waals surface area contributed by atoms with Crippen molar-refractivity contribution >= 4 is 42.0 Å². The molecule has 3 amide bonds. The van der Waals surface area contributed by atoms with Crippen molar-refractivity contribution in [3.63, 3.8) is 0 Å². The Bertz CT molecular complexity index is 1270. The van der Waals surface area contributed by atoms with Crippen molar-refractivity contribution in [3.8, 4) is 11.6 Å². The first-order valence-electron chi connectivity index (χ1n) is 11.4. The van der Waals surface area contributed by atoms with Crippen LogP contribution in [0.1, 0.15) is 18.4 Å². The third-order valence-corrected chi connectivity index (χ3v) is 5.61. The number of carboxylic acid groups (broad SMARTS) is 1. The highest BCUT2D eigenvalue weighted by molar-refractivity contribution is 6.30. The van der Waals surface area contributed by atoms with Gasteiger partial charge in [-0.3, -0.25) is 20.2 Å². The Morgan fingerprint density at radius 2 is 1.79 bits per heavy atom. The number of nitrogens with one attached hydrogen (secondary N) is 3. The maximum atomic E-state index is 12.9. The van der Waals surface area contributed by atoms with Gasteiger partial charge in [-0.25, -0.2) is 9.79 Å². The summed E-state index contributed by atoms with van der Waals surface area (Å²) in [6.45, 7) is 1.23. The topological polar surface area (TPSA) is 142 Å². The smallest absolute Gasteiger partial charge is 0.326 e. The molecule has 0 radical (unpaired) electrons. The van der Waals surface area contributed by atoms with Crippen LogP contribution in [-0.2, 0) is 16.1 Å². The number of imide groups is 1. The molecule has 0 saturated heterocycles. The van der Waals surface area contributed by atoms with Gasteiger partial charge in [0.2, 0.25) is 18.2 Å². The Hall–Kier alpha value is -4.35. The Kier molecular flexibility index (Phi) is 10.3. The van der Waals surface area contributed by atoms with E-state index in [0.29, 0.717) is 29.5 Å². The highest BCUT2D eigenvalue weighted by atomic mass is 35.5. The number of hydrogen-bond donors (Lipinski definition) is 4. The van der Waals surface area contributed by atoms with Crippen molar-refractivity contribution in [3.05, 3.63) is 83.3 Å². The largest absolute Gasteiger partial charge is 0.481 e. The highest BCUT2D eigenvalue weighted by Crippen LogP contribution is 2.45. The molecule has 1 aliphatic rings. The molecule has 1 aromatic heterocycles. The molecular weight excluding hydrogens is 517 g/mol. The normalized spacial score (nSPS) is 13.1. The maximum Gasteiger partial charge on any atom is 0.326 e. The van der Waals surface area contributed by atoms with Gasteiger partial charge in [-0.1, -0.05) is 29.8 Å². The SMILES string of the molecule is O=C(O)C1(CNCc2ccc(Cl)cc2)CC1.O=CNC(=O)NC=Nc1ccc(Oc2cccc(F)n2)cc1. The predicted octanol–water partition coefficient (Wildman–Crippen LogP) is 4.42. The van der Waals surface area contributed by atoms with Crippen LogP contribution in [0.2, 0.25) is 5.02 Å². The minimum Gasteiger partial charge on any atom is -0.481 e. The summed E-state index contributed by atoms with van der Waals surface area (Å²) in [6.07, 6.45) is 2.98. The molecule has 2 aromatic carbocycles. The first kappa shape index (κ1) is 28.2. The quantitative estimate of drug-likeness (QED) is 0.129. The zero-order chi connectivity index (χ0) is 27.4. The number of hydrogen-bond acceptors (Lipinski definition) is 7. The van der Waals surface area contributed by atoms with Gasteiger partial charge in [-0.05, 0) is 60.9 Å². The van der Waals surface area contributed by atoms with E-state index in [0.717, 1.165) is 24.7 Å². The van der Waals surface area contributed by atoms with E-state index in [2.05, 4.69) is 20.6 Å². The first-order chi connectivity index (χ1) is 18.3. The lowest BCUT2D eigenvalue weighted by molar-refractivity contribution is -0.143. The highest BCUT2D eigenvalue weighted by Gasteiger charge is 2.49. The first-order valence-corrected chi connectivity index (χ1v) is 11.8. The van der Waals surface area contributed by atoms with Crippen LogP contribution in [0.4, 0.5) is 14.9 Å². The summed E-state index contributed by atoms with van der Waals surface area (Å²) in [7, 11) is 0. The number of urea groups is 1. The van der Waals surface area contributed by atoms with Crippen LogP contribution < -0.4 is 20.7 Å². The summed E-state index contributed by atoms with van der Waals surface area (Å²) in [5.74, 6) is -0.707. The summed E-state index contributed by atoms with van der Waals surface area (Å²) in [4.78, 5) is 39.3. The van der Waals surface area contributed by atoms with Crippen molar-refractivity contribution in [2.24, 2.45) is 10.4 Å². The molecule has 198 valence electrons. The monoisotopic (exact) mass is 541 g/mol. The fraction of sp³-hybridized carbons (Fsp3) is 0.192. The lowest BCUT2D eigenvalue weighted by atomic mass is 10.1. The summed E-state index contributed by atoms with van der Waals surface area (Å²) in [5, 5.41) is 17.0. The second-order valence-electron chi connectivity index (χ2n) is 8.20. The lowest BCUT2D eigenvalue weighted by Gasteiger charge is -2.10. The molecule has 0 aliphatic heterocycles. The Labute approximate surface area is 222 Å². The van der Waals surface area contributed by atoms with Gasteiger partial charge < -0.3 is 15.2 Å². The van der Waals surface area contributed by atoms with Gasteiger partial charge in [0.1, 0.15) is 5.75 Å². The van der Waals surface area contributed by atoms with Gasteiger partial charge in [0.15, 0.2) is 0 Å². The van der Waals surface area contributed by atoms with E-state index >= 15 is 0 Å². The number of pyridine rings is 1. The minimum absolute atomic E-state index is 0.142. The van der Waals surface area contributed by atoms with Gasteiger partial charge in [-0.2, -0.15) is 9.37 Å². The standard InChI is InChI=1S/C14H11FN4O3.C12H14ClNO2/c15-12-2-1-3-13(19-12)22-11-6-4-10(5-7-11)16-8-17-14(21)18-9-20;13-10-3-1-9(2-4-10)7-14-8-12(5-6-12)11(15)16/h1-9H,(H2,16,17,18,20,21);1-4,14H,5-8H2,(H,15,16). The molecule has 1 fully saturated rings. The van der Waals surface area contributed by atoms with Crippen LogP contribution in [0.3, 0.4) is 0 Å². The number of rotatable bonds is 10. The number of aliphatic imine (C=N–C) groups is 1. The van der Waals surface area contributed by atoms with Crippen LogP contribution in [0, 0.1) is 11.4 Å². The molecule has 0 bridgehead atoms. The molecule has 0 atom stereocenters. The molecule has 3 aromatic rings. The number of nitrogens with zero attached hydrogens (tertiary/aromatic N) is 2.